The summed E-state index contributed by atoms with van der Waals surface area (Å²) in [5.74, 6) is 0.0462. The molecule has 5 heteroatoms. The van der Waals surface area contributed by atoms with Crippen molar-refractivity contribution in [3.8, 4) is 0 Å². The van der Waals surface area contributed by atoms with Gasteiger partial charge in [-0.1, -0.05) is 13.0 Å². The van der Waals surface area contributed by atoms with Gasteiger partial charge in [0, 0.05) is 42.4 Å². The fourth-order valence-corrected chi connectivity index (χ4v) is 3.78. The van der Waals surface area contributed by atoms with Crippen LogP contribution in [-0.2, 0) is 11.2 Å². The first-order chi connectivity index (χ1) is 11.7. The zero-order chi connectivity index (χ0) is 16.9. The third kappa shape index (κ3) is 4.16. The number of thiophene rings is 1. The monoisotopic (exact) mass is 343 g/mol. The Balaban J connectivity index is 1.61. The molecule has 2 heterocycles. The fourth-order valence-electron chi connectivity index (χ4n) is 3.07. The van der Waals surface area contributed by atoms with Crippen LogP contribution in [0.4, 0.5) is 11.4 Å². The lowest BCUT2D eigenvalue weighted by Crippen LogP contribution is -2.46. The number of nitrogens with zero attached hydrogens (tertiary/aromatic N) is 2. The molecule has 1 amide bonds. The first kappa shape index (κ1) is 17.0. The highest BCUT2D eigenvalue weighted by atomic mass is 32.1. The number of nitrogens with one attached hydrogen (secondary N) is 1. The van der Waals surface area contributed by atoms with E-state index in [1.807, 2.05) is 23.6 Å². The average Bonchev–Trinajstić information content (AvgIpc) is 3.09. The third-order valence-electron chi connectivity index (χ3n) is 4.58. The number of hydrogen-bond acceptors (Lipinski definition) is 4. The minimum atomic E-state index is 0.0462. The lowest BCUT2D eigenvalue weighted by molar-refractivity contribution is -0.115. The zero-order valence-corrected chi connectivity index (χ0v) is 15.2. The molecule has 3 rings (SSSR count). The van der Waals surface area contributed by atoms with Crippen LogP contribution in [0.2, 0.25) is 0 Å². The molecule has 1 aromatic carbocycles. The summed E-state index contributed by atoms with van der Waals surface area (Å²) in [6, 6.07) is 10.3. The molecule has 0 aliphatic carbocycles. The number of rotatable bonds is 5. The standard InChI is InChI=1S/C19H25N3OS/c1-3-21-8-10-22(11-9-21)16-6-7-18(15(2)13-16)20-19(23)14-17-5-4-12-24-17/h4-7,12-13H,3,8-11,14H2,1-2H3,(H,20,23). The Hall–Kier alpha value is -1.85. The molecule has 128 valence electrons. The van der Waals surface area contributed by atoms with Crippen LogP contribution in [0.3, 0.4) is 0 Å². The lowest BCUT2D eigenvalue weighted by atomic mass is 10.1. The van der Waals surface area contributed by atoms with Gasteiger partial charge in [0.1, 0.15) is 0 Å². The molecule has 0 saturated carbocycles. The lowest BCUT2D eigenvalue weighted by Gasteiger charge is -2.35. The zero-order valence-electron chi connectivity index (χ0n) is 14.4. The Morgan fingerprint density at radius 3 is 2.62 bits per heavy atom. The normalized spacial score (nSPS) is 15.5. The van der Waals surface area contributed by atoms with Gasteiger partial charge in [0.2, 0.25) is 5.91 Å². The molecular weight excluding hydrogens is 318 g/mol. The van der Waals surface area contributed by atoms with Gasteiger partial charge in [0.15, 0.2) is 0 Å². The average molecular weight is 343 g/mol. The van der Waals surface area contributed by atoms with E-state index in [1.54, 1.807) is 11.3 Å². The Morgan fingerprint density at radius 1 is 1.21 bits per heavy atom. The minimum absolute atomic E-state index is 0.0462. The smallest absolute Gasteiger partial charge is 0.229 e. The molecule has 4 nitrogen and oxygen atoms in total. The van der Waals surface area contributed by atoms with Gasteiger partial charge in [0.25, 0.3) is 0 Å². The van der Waals surface area contributed by atoms with E-state index in [1.165, 1.54) is 5.69 Å². The SMILES string of the molecule is CCN1CCN(c2ccc(NC(=O)Cc3cccs3)c(C)c2)CC1. The van der Waals surface area contributed by atoms with E-state index in [0.717, 1.165) is 48.9 Å². The van der Waals surface area contributed by atoms with Crippen molar-refractivity contribution in [1.29, 1.82) is 0 Å². The first-order valence-corrected chi connectivity index (χ1v) is 9.44. The number of amides is 1. The van der Waals surface area contributed by atoms with Crippen molar-refractivity contribution < 1.29 is 4.79 Å². The van der Waals surface area contributed by atoms with Crippen molar-refractivity contribution >= 4 is 28.6 Å². The molecular formula is C19H25N3OS. The van der Waals surface area contributed by atoms with Crippen LogP contribution < -0.4 is 10.2 Å². The molecule has 1 fully saturated rings. The van der Waals surface area contributed by atoms with Gasteiger partial charge >= 0.3 is 0 Å². The molecule has 0 unspecified atom stereocenters. The van der Waals surface area contributed by atoms with Crippen molar-refractivity contribution in [2.24, 2.45) is 0 Å². The molecule has 1 aliphatic rings. The van der Waals surface area contributed by atoms with Crippen molar-refractivity contribution in [2.45, 2.75) is 20.3 Å². The second-order valence-electron chi connectivity index (χ2n) is 6.22. The second-order valence-corrected chi connectivity index (χ2v) is 7.26. The number of piperazine rings is 1. The van der Waals surface area contributed by atoms with E-state index < -0.39 is 0 Å². The van der Waals surface area contributed by atoms with Gasteiger partial charge < -0.3 is 15.1 Å². The molecule has 2 aromatic rings. The third-order valence-corrected chi connectivity index (χ3v) is 5.46. The van der Waals surface area contributed by atoms with Crippen molar-refractivity contribution in [2.75, 3.05) is 42.9 Å². The molecule has 1 aromatic heterocycles. The number of benzene rings is 1. The summed E-state index contributed by atoms with van der Waals surface area (Å²) in [6.45, 7) is 9.78. The molecule has 0 bridgehead atoms. The number of likely N-dealkylation sites (N-methyl/N-ethyl adjacent to an activating group) is 1. The maximum atomic E-state index is 12.2. The van der Waals surface area contributed by atoms with E-state index in [2.05, 4.69) is 41.1 Å². The van der Waals surface area contributed by atoms with Gasteiger partial charge in [0.05, 0.1) is 6.42 Å². The van der Waals surface area contributed by atoms with E-state index in [-0.39, 0.29) is 5.91 Å². The minimum Gasteiger partial charge on any atom is -0.369 e. The summed E-state index contributed by atoms with van der Waals surface area (Å²) < 4.78 is 0. The maximum absolute atomic E-state index is 12.2. The molecule has 0 radical (unpaired) electrons. The number of carbonyl (C=O) groups is 1. The highest BCUT2D eigenvalue weighted by Gasteiger charge is 2.16. The molecule has 24 heavy (non-hydrogen) atoms. The number of anilines is 2. The highest BCUT2D eigenvalue weighted by Crippen LogP contribution is 2.24. The van der Waals surface area contributed by atoms with Crippen molar-refractivity contribution in [1.82, 2.24) is 4.90 Å². The van der Waals surface area contributed by atoms with Crippen LogP contribution in [0.1, 0.15) is 17.4 Å². The topological polar surface area (TPSA) is 35.6 Å². The molecule has 1 aliphatic heterocycles. The summed E-state index contributed by atoms with van der Waals surface area (Å²) in [5, 5.41) is 5.04. The van der Waals surface area contributed by atoms with E-state index in [9.17, 15) is 4.79 Å². The van der Waals surface area contributed by atoms with Gasteiger partial charge in [-0.3, -0.25) is 4.79 Å². The van der Waals surface area contributed by atoms with Crippen LogP contribution in [0.25, 0.3) is 0 Å². The summed E-state index contributed by atoms with van der Waals surface area (Å²) in [5.41, 5.74) is 3.27. The van der Waals surface area contributed by atoms with Crippen LogP contribution >= 0.6 is 11.3 Å². The number of carbonyl (C=O) groups excluding carboxylic acids is 1. The Labute approximate surface area is 148 Å². The Morgan fingerprint density at radius 2 is 2.00 bits per heavy atom. The Bertz CT molecular complexity index is 676. The summed E-state index contributed by atoms with van der Waals surface area (Å²) in [4.78, 5) is 18.2. The number of aryl methyl sites for hydroxylation is 1. The van der Waals surface area contributed by atoms with E-state index >= 15 is 0 Å². The summed E-state index contributed by atoms with van der Waals surface area (Å²) >= 11 is 1.62. The van der Waals surface area contributed by atoms with Crippen molar-refractivity contribution in [3.63, 3.8) is 0 Å². The number of hydrogen-bond donors (Lipinski definition) is 1. The summed E-state index contributed by atoms with van der Waals surface area (Å²) in [7, 11) is 0. The maximum Gasteiger partial charge on any atom is 0.229 e. The molecule has 1 N–H and O–H groups in total. The van der Waals surface area contributed by atoms with Gasteiger partial charge in [-0.25, -0.2) is 0 Å². The van der Waals surface area contributed by atoms with Gasteiger partial charge in [-0.15, -0.1) is 11.3 Å². The quantitative estimate of drug-likeness (QED) is 0.904. The highest BCUT2D eigenvalue weighted by molar-refractivity contribution is 7.10. The molecule has 0 atom stereocenters. The molecule has 0 spiro atoms. The van der Waals surface area contributed by atoms with Crippen LogP contribution in [-0.4, -0.2) is 43.5 Å². The van der Waals surface area contributed by atoms with Crippen LogP contribution in [0, 0.1) is 6.92 Å². The Kier molecular flexibility index (Phi) is 5.53. The summed E-state index contributed by atoms with van der Waals surface area (Å²) in [6.07, 6.45) is 0.442. The second kappa shape index (κ2) is 7.81. The predicted molar refractivity (Wildman–Crippen MR) is 102 cm³/mol. The van der Waals surface area contributed by atoms with E-state index in [4.69, 9.17) is 0 Å². The molecule has 1 saturated heterocycles. The predicted octanol–water partition coefficient (Wildman–Crippen LogP) is 3.38. The van der Waals surface area contributed by atoms with Crippen LogP contribution in [0.15, 0.2) is 35.7 Å². The largest absolute Gasteiger partial charge is 0.369 e. The fraction of sp³-hybridized carbons (Fsp3) is 0.421. The van der Waals surface area contributed by atoms with Crippen LogP contribution in [0.5, 0.6) is 0 Å². The van der Waals surface area contributed by atoms with E-state index in [0.29, 0.717) is 6.42 Å². The van der Waals surface area contributed by atoms with Gasteiger partial charge in [-0.05, 0) is 48.7 Å². The van der Waals surface area contributed by atoms with Crippen molar-refractivity contribution in [3.05, 3.63) is 46.2 Å². The first-order valence-electron chi connectivity index (χ1n) is 8.56. The van der Waals surface area contributed by atoms with Gasteiger partial charge in [-0.2, -0.15) is 0 Å².